The van der Waals surface area contributed by atoms with Crippen LogP contribution in [0.5, 0.6) is 11.5 Å². The second-order valence-corrected chi connectivity index (χ2v) is 6.27. The van der Waals surface area contributed by atoms with Crippen molar-refractivity contribution in [3.05, 3.63) is 54.6 Å². The molecular weight excluding hydrogens is 344 g/mol. The Hall–Kier alpha value is -2.57. The Kier molecular flexibility index (Phi) is 7.07. The first-order valence-corrected chi connectivity index (χ1v) is 9.19. The van der Waals surface area contributed by atoms with E-state index in [-0.39, 0.29) is 12.5 Å². The zero-order chi connectivity index (χ0) is 18.9. The fourth-order valence-electron chi connectivity index (χ4n) is 3.03. The molecule has 1 fully saturated rings. The lowest BCUT2D eigenvalue weighted by atomic mass is 10.2. The van der Waals surface area contributed by atoms with Gasteiger partial charge in [0.05, 0.1) is 20.3 Å². The van der Waals surface area contributed by atoms with Crippen LogP contribution in [-0.2, 0) is 9.53 Å². The summed E-state index contributed by atoms with van der Waals surface area (Å²) in [5, 5.41) is 0. The van der Waals surface area contributed by atoms with Crippen molar-refractivity contribution >= 4 is 11.6 Å². The predicted molar refractivity (Wildman–Crippen MR) is 105 cm³/mol. The molecule has 6 nitrogen and oxygen atoms in total. The molecule has 0 bridgehead atoms. The Balaban J connectivity index is 1.65. The maximum Gasteiger partial charge on any atom is 0.264 e. The number of nitrogens with zero attached hydrogens (tertiary/aromatic N) is 2. The van der Waals surface area contributed by atoms with Gasteiger partial charge in [0.15, 0.2) is 18.1 Å². The molecule has 0 atom stereocenters. The summed E-state index contributed by atoms with van der Waals surface area (Å²) in [4.78, 5) is 17.0. The molecule has 1 saturated heterocycles. The third-order valence-corrected chi connectivity index (χ3v) is 4.53. The number of benzene rings is 2. The van der Waals surface area contributed by atoms with Crippen molar-refractivity contribution < 1.29 is 19.0 Å². The largest absolute Gasteiger partial charge is 0.493 e. The van der Waals surface area contributed by atoms with E-state index < -0.39 is 0 Å². The highest BCUT2D eigenvalue weighted by Crippen LogP contribution is 2.26. The average molecular weight is 370 g/mol. The molecule has 1 aliphatic heterocycles. The first-order chi connectivity index (χ1) is 13.3. The summed E-state index contributed by atoms with van der Waals surface area (Å²) < 4.78 is 16.4. The second kappa shape index (κ2) is 9.94. The third kappa shape index (κ3) is 5.45. The van der Waals surface area contributed by atoms with Crippen molar-refractivity contribution in [2.24, 2.45) is 0 Å². The number of amides is 1. The molecule has 1 amide bonds. The lowest BCUT2D eigenvalue weighted by Crippen LogP contribution is -2.44. The summed E-state index contributed by atoms with van der Waals surface area (Å²) in [5.41, 5.74) is 0.874. The van der Waals surface area contributed by atoms with Crippen molar-refractivity contribution in [2.75, 3.05) is 58.0 Å². The van der Waals surface area contributed by atoms with Gasteiger partial charge in [-0.05, 0) is 24.3 Å². The van der Waals surface area contributed by atoms with Crippen molar-refractivity contribution in [2.45, 2.75) is 0 Å². The topological polar surface area (TPSA) is 51.2 Å². The molecule has 144 valence electrons. The molecule has 0 radical (unpaired) electrons. The number of para-hydroxylation sites is 3. The van der Waals surface area contributed by atoms with Crippen LogP contribution in [0.15, 0.2) is 54.6 Å². The van der Waals surface area contributed by atoms with Crippen molar-refractivity contribution in [3.8, 4) is 11.5 Å². The molecule has 6 heteroatoms. The molecule has 0 spiro atoms. The van der Waals surface area contributed by atoms with Gasteiger partial charge in [0, 0.05) is 31.9 Å². The molecular formula is C21H26N2O4. The zero-order valence-electron chi connectivity index (χ0n) is 15.7. The lowest BCUT2D eigenvalue weighted by Gasteiger charge is -2.30. The molecule has 0 unspecified atom stereocenters. The standard InChI is InChI=1S/C21H26N2O4/c1-25-19-9-5-6-10-20(19)27-17-21(24)23(18-7-3-2-4-8-18)12-11-22-13-15-26-16-14-22/h2-10H,11-17H2,1H3. The van der Waals surface area contributed by atoms with Gasteiger partial charge in [-0.3, -0.25) is 9.69 Å². The van der Waals surface area contributed by atoms with Gasteiger partial charge in [-0.25, -0.2) is 0 Å². The number of carbonyl (C=O) groups is 1. The van der Waals surface area contributed by atoms with Crippen molar-refractivity contribution in [3.63, 3.8) is 0 Å². The number of hydrogen-bond donors (Lipinski definition) is 0. The van der Waals surface area contributed by atoms with E-state index in [1.807, 2.05) is 48.5 Å². The quantitative estimate of drug-likeness (QED) is 0.714. The number of methoxy groups -OCH3 is 1. The second-order valence-electron chi connectivity index (χ2n) is 6.27. The number of hydrogen-bond acceptors (Lipinski definition) is 5. The Morgan fingerprint density at radius 2 is 1.70 bits per heavy atom. The number of carbonyl (C=O) groups excluding carboxylic acids is 1. The summed E-state index contributed by atoms with van der Waals surface area (Å²) in [6, 6.07) is 17.0. The molecule has 0 aromatic heterocycles. The molecule has 1 heterocycles. The number of morpholine rings is 1. The van der Waals surface area contributed by atoms with E-state index in [1.54, 1.807) is 18.1 Å². The van der Waals surface area contributed by atoms with Gasteiger partial charge in [0.2, 0.25) is 0 Å². The van der Waals surface area contributed by atoms with Crippen LogP contribution in [0.4, 0.5) is 5.69 Å². The maximum atomic E-state index is 12.9. The van der Waals surface area contributed by atoms with Crippen LogP contribution in [-0.4, -0.2) is 63.9 Å². The normalized spacial score (nSPS) is 14.6. The molecule has 2 aromatic carbocycles. The SMILES string of the molecule is COc1ccccc1OCC(=O)N(CCN1CCOCC1)c1ccccc1. The molecule has 2 aromatic rings. The minimum Gasteiger partial charge on any atom is -0.493 e. The fraction of sp³-hybridized carbons (Fsp3) is 0.381. The van der Waals surface area contributed by atoms with E-state index in [0.717, 1.165) is 38.5 Å². The summed E-state index contributed by atoms with van der Waals surface area (Å²) in [7, 11) is 1.59. The van der Waals surface area contributed by atoms with Crippen molar-refractivity contribution in [1.82, 2.24) is 4.90 Å². The molecule has 0 aliphatic carbocycles. The Morgan fingerprint density at radius 1 is 1.04 bits per heavy atom. The van der Waals surface area contributed by atoms with E-state index in [0.29, 0.717) is 18.0 Å². The highest BCUT2D eigenvalue weighted by Gasteiger charge is 2.19. The number of rotatable bonds is 8. The molecule has 0 N–H and O–H groups in total. The molecule has 0 saturated carbocycles. The van der Waals surface area contributed by atoms with Crippen LogP contribution in [0.25, 0.3) is 0 Å². The lowest BCUT2D eigenvalue weighted by molar-refractivity contribution is -0.120. The molecule has 27 heavy (non-hydrogen) atoms. The minimum atomic E-state index is -0.0830. The Bertz CT molecular complexity index is 717. The monoisotopic (exact) mass is 370 g/mol. The van der Waals surface area contributed by atoms with E-state index in [9.17, 15) is 4.79 Å². The van der Waals surface area contributed by atoms with Gasteiger partial charge >= 0.3 is 0 Å². The van der Waals surface area contributed by atoms with Crippen LogP contribution in [0.3, 0.4) is 0 Å². The zero-order valence-corrected chi connectivity index (χ0v) is 15.7. The summed E-state index contributed by atoms with van der Waals surface area (Å²) in [6.45, 7) is 4.66. The Labute approximate surface area is 160 Å². The minimum absolute atomic E-state index is 0.0433. The van der Waals surface area contributed by atoms with Crippen LogP contribution < -0.4 is 14.4 Å². The predicted octanol–water partition coefficient (Wildman–Crippen LogP) is 2.44. The fourth-order valence-corrected chi connectivity index (χ4v) is 3.03. The average Bonchev–Trinajstić information content (AvgIpc) is 2.74. The molecule has 3 rings (SSSR count). The van der Waals surface area contributed by atoms with Gasteiger partial charge in [0.25, 0.3) is 5.91 Å². The maximum absolute atomic E-state index is 12.9. The van der Waals surface area contributed by atoms with Crippen LogP contribution in [0.1, 0.15) is 0 Å². The smallest absolute Gasteiger partial charge is 0.264 e. The highest BCUT2D eigenvalue weighted by molar-refractivity contribution is 5.94. The van der Waals surface area contributed by atoms with Gasteiger partial charge in [0.1, 0.15) is 0 Å². The summed E-state index contributed by atoms with van der Waals surface area (Å²) in [6.07, 6.45) is 0. The van der Waals surface area contributed by atoms with Gasteiger partial charge in [-0.2, -0.15) is 0 Å². The van der Waals surface area contributed by atoms with Crippen LogP contribution >= 0.6 is 0 Å². The van der Waals surface area contributed by atoms with Crippen LogP contribution in [0, 0.1) is 0 Å². The highest BCUT2D eigenvalue weighted by atomic mass is 16.5. The third-order valence-electron chi connectivity index (χ3n) is 4.53. The Morgan fingerprint density at radius 3 is 2.41 bits per heavy atom. The van der Waals surface area contributed by atoms with Crippen molar-refractivity contribution in [1.29, 1.82) is 0 Å². The van der Waals surface area contributed by atoms with Crippen LogP contribution in [0.2, 0.25) is 0 Å². The van der Waals surface area contributed by atoms with E-state index >= 15 is 0 Å². The van der Waals surface area contributed by atoms with E-state index in [1.165, 1.54) is 0 Å². The van der Waals surface area contributed by atoms with E-state index in [2.05, 4.69) is 4.90 Å². The van der Waals surface area contributed by atoms with E-state index in [4.69, 9.17) is 14.2 Å². The van der Waals surface area contributed by atoms with Gasteiger partial charge in [-0.15, -0.1) is 0 Å². The van der Waals surface area contributed by atoms with Gasteiger partial charge < -0.3 is 19.1 Å². The number of anilines is 1. The first kappa shape index (κ1) is 19.2. The van der Waals surface area contributed by atoms with Gasteiger partial charge in [-0.1, -0.05) is 30.3 Å². The first-order valence-electron chi connectivity index (χ1n) is 9.19. The summed E-state index contributed by atoms with van der Waals surface area (Å²) in [5.74, 6) is 1.10. The number of ether oxygens (including phenoxy) is 3. The summed E-state index contributed by atoms with van der Waals surface area (Å²) >= 11 is 0. The molecule has 1 aliphatic rings.